The number of aryl methyl sites for hydroxylation is 2. The summed E-state index contributed by atoms with van der Waals surface area (Å²) in [4.78, 5) is 2.20. The fourth-order valence-electron chi connectivity index (χ4n) is 3.57. The lowest BCUT2D eigenvalue weighted by Gasteiger charge is -2.27. The van der Waals surface area contributed by atoms with Crippen molar-refractivity contribution in [1.29, 1.82) is 0 Å². The van der Waals surface area contributed by atoms with Crippen molar-refractivity contribution >= 4 is 0 Å². The lowest BCUT2D eigenvalue weighted by atomic mass is 9.90. The van der Waals surface area contributed by atoms with Crippen molar-refractivity contribution in [2.75, 3.05) is 26.7 Å². The van der Waals surface area contributed by atoms with Gasteiger partial charge < -0.3 is 9.64 Å². The molecular weight excluding hydrogens is 344 g/mol. The molecule has 27 heavy (non-hydrogen) atoms. The van der Waals surface area contributed by atoms with Crippen LogP contribution in [-0.4, -0.2) is 31.6 Å². The standard InChI is InChI=1S/C23H29F2NO/c1-16(2)12-26(5)13-19(23-17(3)8-6-9-18(23)4)14-27-15-20-21(24)10-7-11-22(20)25/h6-11,19H,1,12-15H2,2-5H3. The zero-order chi connectivity index (χ0) is 20.0. The predicted molar refractivity (Wildman–Crippen MR) is 107 cm³/mol. The van der Waals surface area contributed by atoms with Crippen LogP contribution in [0, 0.1) is 25.5 Å². The average Bonchev–Trinajstić information content (AvgIpc) is 2.56. The highest BCUT2D eigenvalue weighted by Gasteiger charge is 2.19. The number of hydrogen-bond donors (Lipinski definition) is 0. The van der Waals surface area contributed by atoms with Crippen LogP contribution in [0.5, 0.6) is 0 Å². The molecule has 0 aliphatic carbocycles. The Bertz CT molecular complexity index is 747. The molecule has 0 amide bonds. The van der Waals surface area contributed by atoms with Crippen LogP contribution in [0.1, 0.15) is 35.1 Å². The number of ether oxygens (including phenoxy) is 1. The lowest BCUT2D eigenvalue weighted by molar-refractivity contribution is 0.0935. The zero-order valence-corrected chi connectivity index (χ0v) is 16.7. The first kappa shape index (κ1) is 21.3. The fraction of sp³-hybridized carbons (Fsp3) is 0.391. The van der Waals surface area contributed by atoms with Gasteiger partial charge in [-0.05, 0) is 56.6 Å². The summed E-state index contributed by atoms with van der Waals surface area (Å²) in [5.41, 5.74) is 4.70. The molecule has 0 fully saturated rings. The molecule has 2 nitrogen and oxygen atoms in total. The van der Waals surface area contributed by atoms with Gasteiger partial charge in [-0.1, -0.05) is 36.4 Å². The van der Waals surface area contributed by atoms with Gasteiger partial charge in [-0.3, -0.25) is 0 Å². The maximum absolute atomic E-state index is 13.8. The van der Waals surface area contributed by atoms with Crippen molar-refractivity contribution in [2.24, 2.45) is 0 Å². The molecule has 2 aromatic carbocycles. The SMILES string of the molecule is C=C(C)CN(C)CC(COCc1c(F)cccc1F)c1c(C)cccc1C. The minimum absolute atomic E-state index is 0.0203. The van der Waals surface area contributed by atoms with Crippen molar-refractivity contribution < 1.29 is 13.5 Å². The zero-order valence-electron chi connectivity index (χ0n) is 16.7. The van der Waals surface area contributed by atoms with Crippen LogP contribution in [0.4, 0.5) is 8.78 Å². The van der Waals surface area contributed by atoms with E-state index < -0.39 is 11.6 Å². The Morgan fingerprint density at radius 3 is 2.19 bits per heavy atom. The minimum atomic E-state index is -0.571. The van der Waals surface area contributed by atoms with Crippen LogP contribution in [0.25, 0.3) is 0 Å². The third-order valence-electron chi connectivity index (χ3n) is 4.65. The first-order chi connectivity index (χ1) is 12.8. The van der Waals surface area contributed by atoms with Crippen molar-refractivity contribution in [3.63, 3.8) is 0 Å². The molecule has 0 aliphatic heterocycles. The van der Waals surface area contributed by atoms with Gasteiger partial charge in [0.15, 0.2) is 0 Å². The molecule has 1 unspecified atom stereocenters. The van der Waals surface area contributed by atoms with E-state index in [1.54, 1.807) is 0 Å². The molecule has 0 bridgehead atoms. The second-order valence-corrected chi connectivity index (χ2v) is 7.37. The van der Waals surface area contributed by atoms with E-state index in [0.717, 1.165) is 18.7 Å². The number of rotatable bonds is 9. The van der Waals surface area contributed by atoms with E-state index in [9.17, 15) is 8.78 Å². The molecule has 0 saturated heterocycles. The van der Waals surface area contributed by atoms with Crippen LogP contribution in [0.3, 0.4) is 0 Å². The van der Waals surface area contributed by atoms with E-state index in [-0.39, 0.29) is 18.1 Å². The average molecular weight is 373 g/mol. The van der Waals surface area contributed by atoms with Crippen LogP contribution < -0.4 is 0 Å². The number of nitrogens with zero attached hydrogens (tertiary/aromatic N) is 1. The molecule has 0 N–H and O–H groups in total. The van der Waals surface area contributed by atoms with Crippen LogP contribution in [0.2, 0.25) is 0 Å². The second kappa shape index (κ2) is 9.77. The van der Waals surface area contributed by atoms with Gasteiger partial charge in [-0.15, -0.1) is 0 Å². The van der Waals surface area contributed by atoms with Gasteiger partial charge in [0.05, 0.1) is 13.2 Å². The Morgan fingerprint density at radius 2 is 1.63 bits per heavy atom. The molecule has 0 spiro atoms. The summed E-state index contributed by atoms with van der Waals surface area (Å²) < 4.78 is 33.5. The Hall–Kier alpha value is -2.04. The first-order valence-corrected chi connectivity index (χ1v) is 9.19. The van der Waals surface area contributed by atoms with Crippen LogP contribution >= 0.6 is 0 Å². The number of hydrogen-bond acceptors (Lipinski definition) is 2. The van der Waals surface area contributed by atoms with Gasteiger partial charge in [-0.2, -0.15) is 0 Å². The topological polar surface area (TPSA) is 12.5 Å². The largest absolute Gasteiger partial charge is 0.376 e. The summed E-state index contributed by atoms with van der Waals surface area (Å²) in [5.74, 6) is -1.04. The van der Waals surface area contributed by atoms with Crippen molar-refractivity contribution in [1.82, 2.24) is 4.90 Å². The van der Waals surface area contributed by atoms with Crippen LogP contribution in [0.15, 0.2) is 48.6 Å². The number of halogens is 2. The molecule has 0 aliphatic rings. The summed E-state index contributed by atoms with van der Waals surface area (Å²) in [6.45, 7) is 12.0. The quantitative estimate of drug-likeness (QED) is 0.547. The van der Waals surface area contributed by atoms with E-state index >= 15 is 0 Å². The highest BCUT2D eigenvalue weighted by molar-refractivity contribution is 5.37. The maximum Gasteiger partial charge on any atom is 0.131 e. The van der Waals surface area contributed by atoms with E-state index in [2.05, 4.69) is 37.5 Å². The fourth-order valence-corrected chi connectivity index (χ4v) is 3.57. The maximum atomic E-state index is 13.8. The normalized spacial score (nSPS) is 12.4. The molecule has 0 saturated carbocycles. The summed E-state index contributed by atoms with van der Waals surface area (Å²) in [6.07, 6.45) is 0. The lowest BCUT2D eigenvalue weighted by Crippen LogP contribution is -2.29. The molecule has 146 valence electrons. The molecule has 2 rings (SSSR count). The van der Waals surface area contributed by atoms with Gasteiger partial charge in [0.25, 0.3) is 0 Å². The molecule has 0 aromatic heterocycles. The van der Waals surface area contributed by atoms with Gasteiger partial charge in [0, 0.05) is 24.6 Å². The third kappa shape index (κ3) is 5.98. The number of benzene rings is 2. The summed E-state index contributed by atoms with van der Waals surface area (Å²) in [6, 6.07) is 10.1. The molecule has 1 atom stereocenters. The molecule has 0 heterocycles. The van der Waals surface area contributed by atoms with Crippen molar-refractivity contribution in [3.8, 4) is 0 Å². The Morgan fingerprint density at radius 1 is 1.07 bits per heavy atom. The molecule has 2 aromatic rings. The third-order valence-corrected chi connectivity index (χ3v) is 4.65. The van der Waals surface area contributed by atoms with Gasteiger partial charge >= 0.3 is 0 Å². The molecule has 4 heteroatoms. The minimum Gasteiger partial charge on any atom is -0.376 e. The van der Waals surface area contributed by atoms with E-state index in [4.69, 9.17) is 4.74 Å². The van der Waals surface area contributed by atoms with E-state index in [1.807, 2.05) is 20.0 Å². The van der Waals surface area contributed by atoms with Crippen LogP contribution in [-0.2, 0) is 11.3 Å². The summed E-state index contributed by atoms with van der Waals surface area (Å²) in [7, 11) is 2.05. The van der Waals surface area contributed by atoms with Crippen molar-refractivity contribution in [2.45, 2.75) is 33.3 Å². The highest BCUT2D eigenvalue weighted by Crippen LogP contribution is 2.26. The molecular formula is C23H29F2NO. The first-order valence-electron chi connectivity index (χ1n) is 9.19. The summed E-state index contributed by atoms with van der Waals surface area (Å²) in [5, 5.41) is 0. The monoisotopic (exact) mass is 373 g/mol. The summed E-state index contributed by atoms with van der Waals surface area (Å²) >= 11 is 0. The van der Waals surface area contributed by atoms with E-state index in [0.29, 0.717) is 6.61 Å². The second-order valence-electron chi connectivity index (χ2n) is 7.37. The molecule has 0 radical (unpaired) electrons. The smallest absolute Gasteiger partial charge is 0.131 e. The van der Waals surface area contributed by atoms with Gasteiger partial charge in [0.1, 0.15) is 11.6 Å². The number of likely N-dealkylation sites (N-methyl/N-ethyl adjacent to an activating group) is 1. The van der Waals surface area contributed by atoms with Gasteiger partial charge in [0.2, 0.25) is 0 Å². The van der Waals surface area contributed by atoms with Gasteiger partial charge in [-0.25, -0.2) is 8.78 Å². The Kier molecular flexibility index (Phi) is 7.69. The Balaban J connectivity index is 2.16. The van der Waals surface area contributed by atoms with Crippen molar-refractivity contribution in [3.05, 3.63) is 82.4 Å². The highest BCUT2D eigenvalue weighted by atomic mass is 19.1. The Labute approximate surface area is 161 Å². The predicted octanol–water partition coefficient (Wildman–Crippen LogP) is 5.39. The van der Waals surface area contributed by atoms with E-state index in [1.165, 1.54) is 34.9 Å².